The molecule has 0 radical (unpaired) electrons. The molecule has 3 fully saturated rings. The van der Waals surface area contributed by atoms with Crippen LogP contribution < -0.4 is 10.1 Å². The molecule has 2 aliphatic carbocycles. The van der Waals surface area contributed by atoms with Gasteiger partial charge in [-0.05, 0) is 67.4 Å². The molecule has 1 aliphatic heterocycles. The number of likely N-dealkylation sites (tertiary alicyclic amines) is 1. The molecule has 6 heteroatoms. The standard InChI is InChI=1S/C28H42N2O4/c1-18(2)23-11-9-19(3)15-26(23)34-28(32)29-22-10-12-24(25(16-22)33-4)27(31)30-14-13-20-7-5-6-8-21(20)17-30/h10,12,16,18-21,23,26H,5-9,11,13-15,17H2,1-4H3,(H,29,32)/t19-,20+,21-,23-,26-/m0/s1. The SMILES string of the molecule is COc1cc(NC(=O)O[C@H]2C[C@@H](C)CC[C@H]2C(C)C)ccc1C(=O)N1CC[C@H]2CCCC[C@H]2C1. The second kappa shape index (κ2) is 11.0. The normalized spacial score (nSPS) is 29.3. The minimum absolute atomic E-state index is 0.0194. The number of benzene rings is 1. The largest absolute Gasteiger partial charge is 0.496 e. The lowest BCUT2D eigenvalue weighted by Gasteiger charge is -2.41. The van der Waals surface area contributed by atoms with Crippen LogP contribution in [0.1, 0.15) is 82.5 Å². The molecule has 1 aromatic rings. The molecule has 5 atom stereocenters. The summed E-state index contributed by atoms with van der Waals surface area (Å²) >= 11 is 0. The summed E-state index contributed by atoms with van der Waals surface area (Å²) in [6.45, 7) is 8.28. The Morgan fingerprint density at radius 1 is 1.06 bits per heavy atom. The number of methoxy groups -OCH3 is 1. The number of hydrogen-bond donors (Lipinski definition) is 1. The lowest BCUT2D eigenvalue weighted by Crippen LogP contribution is -2.44. The summed E-state index contributed by atoms with van der Waals surface area (Å²) in [5.41, 5.74) is 1.13. The zero-order valence-corrected chi connectivity index (χ0v) is 21.3. The summed E-state index contributed by atoms with van der Waals surface area (Å²) in [6, 6.07) is 5.27. The summed E-state index contributed by atoms with van der Waals surface area (Å²) in [6.07, 6.45) is 8.94. The van der Waals surface area contributed by atoms with Gasteiger partial charge < -0.3 is 14.4 Å². The van der Waals surface area contributed by atoms with Crippen LogP contribution in [0.15, 0.2) is 18.2 Å². The van der Waals surface area contributed by atoms with Gasteiger partial charge in [-0.2, -0.15) is 0 Å². The first-order chi connectivity index (χ1) is 16.4. The van der Waals surface area contributed by atoms with Crippen LogP contribution in [0.4, 0.5) is 10.5 Å². The Labute approximate surface area is 204 Å². The predicted octanol–water partition coefficient (Wildman–Crippen LogP) is 6.36. The van der Waals surface area contributed by atoms with Crippen molar-refractivity contribution in [2.45, 2.75) is 78.2 Å². The molecule has 1 saturated heterocycles. The molecule has 0 unspecified atom stereocenters. The maximum Gasteiger partial charge on any atom is 0.411 e. The highest BCUT2D eigenvalue weighted by Crippen LogP contribution is 2.38. The molecular weight excluding hydrogens is 428 g/mol. The van der Waals surface area contributed by atoms with Crippen LogP contribution in [0.25, 0.3) is 0 Å². The van der Waals surface area contributed by atoms with Crippen LogP contribution in [-0.4, -0.2) is 43.2 Å². The smallest absolute Gasteiger partial charge is 0.411 e. The Balaban J connectivity index is 1.39. The minimum atomic E-state index is -0.440. The fourth-order valence-corrected chi connectivity index (χ4v) is 6.44. The van der Waals surface area contributed by atoms with Gasteiger partial charge in [-0.1, -0.05) is 46.5 Å². The lowest BCUT2D eigenvalue weighted by molar-refractivity contribution is 0.0126. The molecule has 1 aromatic carbocycles. The van der Waals surface area contributed by atoms with Gasteiger partial charge in [0.05, 0.1) is 12.7 Å². The average Bonchev–Trinajstić information content (AvgIpc) is 2.83. The van der Waals surface area contributed by atoms with E-state index in [1.165, 1.54) is 32.1 Å². The van der Waals surface area contributed by atoms with Crippen LogP contribution in [-0.2, 0) is 4.74 Å². The molecule has 0 aromatic heterocycles. The summed E-state index contributed by atoms with van der Waals surface area (Å²) in [7, 11) is 1.57. The highest BCUT2D eigenvalue weighted by atomic mass is 16.6. The van der Waals surface area contributed by atoms with E-state index < -0.39 is 6.09 Å². The van der Waals surface area contributed by atoms with Crippen molar-refractivity contribution in [1.29, 1.82) is 0 Å². The van der Waals surface area contributed by atoms with E-state index in [2.05, 4.69) is 26.1 Å². The van der Waals surface area contributed by atoms with Crippen molar-refractivity contribution in [2.24, 2.45) is 29.6 Å². The summed E-state index contributed by atoms with van der Waals surface area (Å²) in [5.74, 6) is 3.35. The monoisotopic (exact) mass is 470 g/mol. The molecular formula is C28H42N2O4. The summed E-state index contributed by atoms with van der Waals surface area (Å²) in [4.78, 5) is 28.0. The van der Waals surface area contributed by atoms with Gasteiger partial charge in [0.1, 0.15) is 11.9 Å². The molecule has 6 nitrogen and oxygen atoms in total. The Morgan fingerprint density at radius 2 is 1.82 bits per heavy atom. The highest BCUT2D eigenvalue weighted by Gasteiger charge is 2.35. The summed E-state index contributed by atoms with van der Waals surface area (Å²) in [5, 5.41) is 2.86. The predicted molar refractivity (Wildman–Crippen MR) is 134 cm³/mol. The van der Waals surface area contributed by atoms with Crippen molar-refractivity contribution >= 4 is 17.7 Å². The molecule has 0 bridgehead atoms. The van der Waals surface area contributed by atoms with E-state index in [0.717, 1.165) is 38.3 Å². The van der Waals surface area contributed by atoms with Crippen LogP contribution >= 0.6 is 0 Å². The van der Waals surface area contributed by atoms with Gasteiger partial charge in [-0.3, -0.25) is 10.1 Å². The van der Waals surface area contributed by atoms with Crippen molar-refractivity contribution in [2.75, 3.05) is 25.5 Å². The van der Waals surface area contributed by atoms with Gasteiger partial charge in [0, 0.05) is 24.8 Å². The molecule has 34 heavy (non-hydrogen) atoms. The molecule has 1 N–H and O–H groups in total. The van der Waals surface area contributed by atoms with E-state index in [9.17, 15) is 9.59 Å². The minimum Gasteiger partial charge on any atom is -0.496 e. The van der Waals surface area contributed by atoms with Crippen molar-refractivity contribution in [3.05, 3.63) is 23.8 Å². The van der Waals surface area contributed by atoms with E-state index in [4.69, 9.17) is 9.47 Å². The molecule has 1 heterocycles. The Kier molecular flexibility index (Phi) is 8.05. The second-order valence-electron chi connectivity index (χ2n) is 11.2. The van der Waals surface area contributed by atoms with Crippen molar-refractivity contribution in [1.82, 2.24) is 4.90 Å². The van der Waals surface area contributed by atoms with E-state index >= 15 is 0 Å². The van der Waals surface area contributed by atoms with Crippen LogP contribution in [0.5, 0.6) is 5.75 Å². The first-order valence-electron chi connectivity index (χ1n) is 13.3. The highest BCUT2D eigenvalue weighted by molar-refractivity contribution is 5.98. The van der Waals surface area contributed by atoms with Crippen molar-refractivity contribution < 1.29 is 19.1 Å². The fourth-order valence-electron chi connectivity index (χ4n) is 6.44. The van der Waals surface area contributed by atoms with Gasteiger partial charge in [0.25, 0.3) is 5.91 Å². The first kappa shape index (κ1) is 24.9. The van der Waals surface area contributed by atoms with Gasteiger partial charge in [0.15, 0.2) is 0 Å². The molecule has 4 rings (SSSR count). The lowest BCUT2D eigenvalue weighted by atomic mass is 9.75. The van der Waals surface area contributed by atoms with Crippen LogP contribution in [0, 0.1) is 29.6 Å². The Hall–Kier alpha value is -2.24. The maximum atomic E-state index is 13.3. The number of anilines is 1. The molecule has 0 spiro atoms. The number of nitrogens with zero attached hydrogens (tertiary/aromatic N) is 1. The van der Waals surface area contributed by atoms with Gasteiger partial charge in [-0.15, -0.1) is 0 Å². The number of fused-ring (bicyclic) bond motifs is 1. The summed E-state index contributed by atoms with van der Waals surface area (Å²) < 4.78 is 11.4. The first-order valence-corrected chi connectivity index (χ1v) is 13.3. The zero-order valence-electron chi connectivity index (χ0n) is 21.3. The second-order valence-corrected chi connectivity index (χ2v) is 11.2. The third-order valence-corrected chi connectivity index (χ3v) is 8.48. The Morgan fingerprint density at radius 3 is 2.56 bits per heavy atom. The number of hydrogen-bond acceptors (Lipinski definition) is 4. The van der Waals surface area contributed by atoms with E-state index in [0.29, 0.717) is 40.7 Å². The average molecular weight is 471 g/mol. The van der Waals surface area contributed by atoms with Crippen LogP contribution in [0.3, 0.4) is 0 Å². The van der Waals surface area contributed by atoms with Gasteiger partial charge in [-0.25, -0.2) is 4.79 Å². The quantitative estimate of drug-likeness (QED) is 0.544. The third kappa shape index (κ3) is 5.69. The third-order valence-electron chi connectivity index (χ3n) is 8.48. The molecule has 2 amide bonds. The number of piperidine rings is 1. The molecule has 2 saturated carbocycles. The number of nitrogens with one attached hydrogen (secondary N) is 1. The number of amides is 2. The number of carbonyl (C=O) groups is 2. The van der Waals surface area contributed by atoms with E-state index in [1.54, 1.807) is 25.3 Å². The number of carbonyl (C=O) groups excluding carboxylic acids is 2. The van der Waals surface area contributed by atoms with Crippen molar-refractivity contribution in [3.63, 3.8) is 0 Å². The van der Waals surface area contributed by atoms with Gasteiger partial charge >= 0.3 is 6.09 Å². The maximum absolute atomic E-state index is 13.3. The van der Waals surface area contributed by atoms with Gasteiger partial charge in [0.2, 0.25) is 0 Å². The van der Waals surface area contributed by atoms with E-state index in [1.807, 2.05) is 4.90 Å². The fraction of sp³-hybridized carbons (Fsp3) is 0.714. The molecule has 188 valence electrons. The van der Waals surface area contributed by atoms with Crippen molar-refractivity contribution in [3.8, 4) is 5.75 Å². The topological polar surface area (TPSA) is 67.9 Å². The van der Waals surface area contributed by atoms with E-state index in [-0.39, 0.29) is 12.0 Å². The number of rotatable bonds is 5. The molecule has 3 aliphatic rings. The zero-order chi connectivity index (χ0) is 24.2. The number of ether oxygens (including phenoxy) is 2. The van der Waals surface area contributed by atoms with Crippen LogP contribution in [0.2, 0.25) is 0 Å². The Bertz CT molecular complexity index is 870.